The molecule has 3 heteroatoms. The Balaban J connectivity index is 2.30. The van der Waals surface area contributed by atoms with Gasteiger partial charge in [-0.2, -0.15) is 0 Å². The van der Waals surface area contributed by atoms with Crippen molar-refractivity contribution in [2.75, 3.05) is 13.1 Å². The van der Waals surface area contributed by atoms with E-state index in [0.717, 1.165) is 32.4 Å². The zero-order chi connectivity index (χ0) is 10.6. The molecule has 0 bridgehead atoms. The van der Waals surface area contributed by atoms with Crippen LogP contribution in [-0.4, -0.2) is 35.1 Å². The quantitative estimate of drug-likeness (QED) is 0.746. The van der Waals surface area contributed by atoms with E-state index in [-0.39, 0.29) is 12.0 Å². The van der Waals surface area contributed by atoms with Crippen LogP contribution in [0, 0.1) is 5.92 Å². The van der Waals surface area contributed by atoms with Gasteiger partial charge in [-0.05, 0) is 18.8 Å². The van der Waals surface area contributed by atoms with Crippen molar-refractivity contribution in [3.8, 4) is 0 Å². The number of nitrogens with zero attached hydrogens (tertiary/aromatic N) is 1. The number of hydrogen-bond donors (Lipinski definition) is 1. The maximum absolute atomic E-state index is 11.7. The minimum atomic E-state index is -0.192. The molecule has 0 aromatic rings. The lowest BCUT2D eigenvalue weighted by molar-refractivity contribution is -0.134. The van der Waals surface area contributed by atoms with Crippen LogP contribution in [0.15, 0.2) is 0 Å². The van der Waals surface area contributed by atoms with Crippen LogP contribution in [0.25, 0.3) is 0 Å². The van der Waals surface area contributed by atoms with Gasteiger partial charge < -0.3 is 10.0 Å². The zero-order valence-corrected chi connectivity index (χ0v) is 9.20. The van der Waals surface area contributed by atoms with Crippen molar-refractivity contribution in [2.45, 2.75) is 45.6 Å². The van der Waals surface area contributed by atoms with Crippen molar-refractivity contribution in [2.24, 2.45) is 5.92 Å². The summed E-state index contributed by atoms with van der Waals surface area (Å²) in [5.74, 6) is 0.737. The van der Waals surface area contributed by atoms with E-state index in [9.17, 15) is 9.90 Å². The van der Waals surface area contributed by atoms with Crippen molar-refractivity contribution >= 4 is 5.91 Å². The fourth-order valence-corrected chi connectivity index (χ4v) is 1.69. The van der Waals surface area contributed by atoms with E-state index < -0.39 is 0 Å². The largest absolute Gasteiger partial charge is 0.393 e. The molecule has 1 N–H and O–H groups in total. The molecule has 82 valence electrons. The maximum atomic E-state index is 11.7. The Labute approximate surface area is 86.1 Å². The summed E-state index contributed by atoms with van der Waals surface area (Å²) in [6.45, 7) is 5.68. The molecule has 0 aromatic heterocycles. The first-order chi connectivity index (χ1) is 6.63. The third-order valence-electron chi connectivity index (χ3n) is 3.04. The lowest BCUT2D eigenvalue weighted by Gasteiger charge is -2.30. The van der Waals surface area contributed by atoms with Crippen LogP contribution in [0.2, 0.25) is 0 Å². The highest BCUT2D eigenvalue weighted by Gasteiger charge is 2.21. The molecule has 0 aromatic carbocycles. The monoisotopic (exact) mass is 199 g/mol. The summed E-state index contributed by atoms with van der Waals surface area (Å²) in [6.07, 6.45) is 3.01. The molecule has 1 unspecified atom stereocenters. The van der Waals surface area contributed by atoms with E-state index in [1.54, 1.807) is 0 Å². The predicted molar refractivity (Wildman–Crippen MR) is 55.9 cm³/mol. The second-order valence-corrected chi connectivity index (χ2v) is 4.33. The first-order valence-electron chi connectivity index (χ1n) is 5.59. The molecule has 1 amide bonds. The first kappa shape index (κ1) is 11.5. The van der Waals surface area contributed by atoms with Crippen molar-refractivity contribution in [1.29, 1.82) is 0 Å². The summed E-state index contributed by atoms with van der Waals surface area (Å²) < 4.78 is 0. The fourth-order valence-electron chi connectivity index (χ4n) is 1.69. The smallest absolute Gasteiger partial charge is 0.222 e. The molecule has 1 saturated heterocycles. The van der Waals surface area contributed by atoms with Gasteiger partial charge in [0.05, 0.1) is 6.10 Å². The molecular weight excluding hydrogens is 178 g/mol. The molecule has 1 fully saturated rings. The number of likely N-dealkylation sites (tertiary alicyclic amines) is 1. The van der Waals surface area contributed by atoms with Gasteiger partial charge in [-0.25, -0.2) is 0 Å². The van der Waals surface area contributed by atoms with Gasteiger partial charge in [0.2, 0.25) is 5.91 Å². The van der Waals surface area contributed by atoms with Crippen molar-refractivity contribution in [3.05, 3.63) is 0 Å². The van der Waals surface area contributed by atoms with Crippen LogP contribution in [0.3, 0.4) is 0 Å². The van der Waals surface area contributed by atoms with Crippen LogP contribution in [0.4, 0.5) is 0 Å². The Morgan fingerprint density at radius 1 is 1.50 bits per heavy atom. The lowest BCUT2D eigenvalue weighted by atomic mass is 10.0. The van der Waals surface area contributed by atoms with E-state index in [1.807, 2.05) is 4.90 Å². The van der Waals surface area contributed by atoms with Crippen LogP contribution in [-0.2, 0) is 4.79 Å². The molecule has 1 heterocycles. The van der Waals surface area contributed by atoms with E-state index >= 15 is 0 Å². The number of rotatable bonds is 3. The van der Waals surface area contributed by atoms with E-state index in [4.69, 9.17) is 0 Å². The molecule has 3 nitrogen and oxygen atoms in total. The average Bonchev–Trinajstić information content (AvgIpc) is 2.18. The minimum absolute atomic E-state index is 0.192. The average molecular weight is 199 g/mol. The van der Waals surface area contributed by atoms with Gasteiger partial charge in [0.1, 0.15) is 0 Å². The normalized spacial score (nSPS) is 20.9. The number of aliphatic hydroxyl groups excluding tert-OH is 1. The van der Waals surface area contributed by atoms with Crippen molar-refractivity contribution < 1.29 is 9.90 Å². The van der Waals surface area contributed by atoms with Gasteiger partial charge in [-0.15, -0.1) is 0 Å². The number of aliphatic hydroxyl groups is 1. The Kier molecular flexibility index (Phi) is 4.39. The zero-order valence-electron chi connectivity index (χ0n) is 9.20. The summed E-state index contributed by atoms with van der Waals surface area (Å²) in [6, 6.07) is 0. The summed E-state index contributed by atoms with van der Waals surface area (Å²) in [7, 11) is 0. The fraction of sp³-hybridized carbons (Fsp3) is 0.909. The van der Waals surface area contributed by atoms with Gasteiger partial charge in [0.15, 0.2) is 0 Å². The van der Waals surface area contributed by atoms with E-state index in [1.165, 1.54) is 0 Å². The third kappa shape index (κ3) is 3.29. The number of amides is 1. The maximum Gasteiger partial charge on any atom is 0.222 e. The van der Waals surface area contributed by atoms with Crippen molar-refractivity contribution in [3.63, 3.8) is 0 Å². The molecule has 14 heavy (non-hydrogen) atoms. The highest BCUT2D eigenvalue weighted by Crippen LogP contribution is 2.14. The number of hydrogen-bond acceptors (Lipinski definition) is 2. The molecule has 0 radical (unpaired) electrons. The van der Waals surface area contributed by atoms with Crippen molar-refractivity contribution in [1.82, 2.24) is 4.90 Å². The number of carbonyl (C=O) groups excluding carboxylic acids is 1. The molecule has 1 aliphatic heterocycles. The van der Waals surface area contributed by atoms with E-state index in [0.29, 0.717) is 12.3 Å². The lowest BCUT2D eigenvalue weighted by Crippen LogP contribution is -2.40. The molecule has 1 atom stereocenters. The SMILES string of the molecule is CCC(C)CC(=O)N1CCC(O)CC1. The highest BCUT2D eigenvalue weighted by atomic mass is 16.3. The standard InChI is InChI=1S/C11H21NO2/c1-3-9(2)8-11(14)12-6-4-10(13)5-7-12/h9-10,13H,3-8H2,1-2H3. The Bertz CT molecular complexity index is 186. The Morgan fingerprint density at radius 3 is 2.57 bits per heavy atom. The Morgan fingerprint density at radius 2 is 2.07 bits per heavy atom. The van der Waals surface area contributed by atoms with E-state index in [2.05, 4.69) is 13.8 Å². The van der Waals surface area contributed by atoms with Crippen LogP contribution >= 0.6 is 0 Å². The Hall–Kier alpha value is -0.570. The molecule has 1 rings (SSSR count). The molecule has 0 saturated carbocycles. The van der Waals surface area contributed by atoms with Gasteiger partial charge in [0, 0.05) is 19.5 Å². The number of piperidine rings is 1. The van der Waals surface area contributed by atoms with Crippen LogP contribution in [0.1, 0.15) is 39.5 Å². The highest BCUT2D eigenvalue weighted by molar-refractivity contribution is 5.76. The molecule has 0 spiro atoms. The summed E-state index contributed by atoms with van der Waals surface area (Å²) >= 11 is 0. The third-order valence-corrected chi connectivity index (χ3v) is 3.04. The minimum Gasteiger partial charge on any atom is -0.393 e. The second kappa shape index (κ2) is 5.35. The first-order valence-corrected chi connectivity index (χ1v) is 5.59. The number of carbonyl (C=O) groups is 1. The summed E-state index contributed by atoms with van der Waals surface area (Å²) in [5.41, 5.74) is 0. The molecule has 0 aliphatic carbocycles. The topological polar surface area (TPSA) is 40.5 Å². The van der Waals surface area contributed by atoms with Gasteiger partial charge in [-0.1, -0.05) is 20.3 Å². The van der Waals surface area contributed by atoms with Crippen LogP contribution in [0.5, 0.6) is 0 Å². The molecular formula is C11H21NO2. The second-order valence-electron chi connectivity index (χ2n) is 4.33. The van der Waals surface area contributed by atoms with Crippen LogP contribution < -0.4 is 0 Å². The summed E-state index contributed by atoms with van der Waals surface area (Å²) in [5, 5.41) is 9.30. The predicted octanol–water partition coefficient (Wildman–Crippen LogP) is 1.41. The van der Waals surface area contributed by atoms with Gasteiger partial charge in [0.25, 0.3) is 0 Å². The molecule has 1 aliphatic rings. The van der Waals surface area contributed by atoms with Gasteiger partial charge >= 0.3 is 0 Å². The summed E-state index contributed by atoms with van der Waals surface area (Å²) in [4.78, 5) is 13.6. The van der Waals surface area contributed by atoms with Gasteiger partial charge in [-0.3, -0.25) is 4.79 Å².